The summed E-state index contributed by atoms with van der Waals surface area (Å²) < 4.78 is 125. The van der Waals surface area contributed by atoms with Crippen LogP contribution in [0.4, 0.5) is 0 Å². The van der Waals surface area contributed by atoms with Crippen LogP contribution in [0.1, 0.15) is 40.5 Å². The van der Waals surface area contributed by atoms with Gasteiger partial charge in [0, 0.05) is 17.0 Å². The number of ether oxygens (including phenoxy) is 3. The van der Waals surface area contributed by atoms with Crippen molar-refractivity contribution in [3.8, 4) is 0 Å². The Bertz CT molecular complexity index is 1490. The Morgan fingerprint density at radius 3 is 2.02 bits per heavy atom. The molecule has 1 unspecified atom stereocenters. The Morgan fingerprint density at radius 1 is 1.02 bits per heavy atom. The Labute approximate surface area is 349 Å². The Hall–Kier alpha value is 1.34. The summed E-state index contributed by atoms with van der Waals surface area (Å²) in [6.45, 7) is 5.18. The number of hydrogen-bond donors (Lipinski definition) is 5. The van der Waals surface area contributed by atoms with Crippen molar-refractivity contribution in [1.82, 2.24) is 9.79 Å². The van der Waals surface area contributed by atoms with E-state index < -0.39 is 116 Å². The molecule has 0 aromatic heterocycles. The van der Waals surface area contributed by atoms with Crippen LogP contribution in [0.5, 0.6) is 0 Å². The minimum atomic E-state index is -5.46. The average Bonchev–Trinajstić information content (AvgIpc) is 2.85. The minimum absolute atomic E-state index is 0. The van der Waals surface area contributed by atoms with E-state index in [1.165, 1.54) is 4.72 Å². The van der Waals surface area contributed by atoms with E-state index in [-0.39, 0.29) is 102 Å². The Kier molecular flexibility index (Phi) is 19.3. The van der Waals surface area contributed by atoms with Crippen molar-refractivity contribution in [2.45, 2.75) is 107 Å². The van der Waals surface area contributed by atoms with Gasteiger partial charge in [0.05, 0.1) is 12.6 Å². The fourth-order valence-corrected chi connectivity index (χ4v) is 6.85. The second kappa shape index (κ2) is 18.8. The maximum Gasteiger partial charge on any atom is 1.00 e. The molecule has 0 aromatic rings. The normalized spacial score (nSPS) is 32.8. The molecule has 3 aliphatic heterocycles. The predicted molar refractivity (Wildman–Crippen MR) is 141 cm³/mol. The van der Waals surface area contributed by atoms with E-state index in [1.807, 2.05) is 0 Å². The van der Waals surface area contributed by atoms with Gasteiger partial charge in [-0.1, -0.05) is 0 Å². The smallest absolute Gasteiger partial charge is 0.856 e. The average molecular weight is 797 g/mol. The number of nitrogens with zero attached hydrogens (tertiary/aromatic N) is 2. The number of aliphatic imine (C=N–C) groups is 1. The maximum absolute atomic E-state index is 13.2. The first-order valence-corrected chi connectivity index (χ1v) is 17.2. The fourth-order valence-electron chi connectivity index (χ4n) is 5.48. The van der Waals surface area contributed by atoms with Gasteiger partial charge >= 0.3 is 99.1 Å². The number of piperidine rings is 1. The molecule has 267 valence electrons. The van der Waals surface area contributed by atoms with Gasteiger partial charge in [-0.05, 0) is 46.6 Å². The number of nitrogens with one attached hydrogen (secondary N) is 1. The van der Waals surface area contributed by atoms with Crippen LogP contribution in [0.3, 0.4) is 0 Å². The molecule has 5 N–H and O–H groups in total. The third-order valence-corrected chi connectivity index (χ3v) is 8.58. The molecule has 2 fully saturated rings. The van der Waals surface area contributed by atoms with Gasteiger partial charge in [0.15, 0.2) is 22.7 Å². The van der Waals surface area contributed by atoms with Gasteiger partial charge in [0.25, 0.3) is 0 Å². The SMILES string of the molecule is CC1(C)CC(N=C([O-])C2=C[C@H](O)[C@@H](OS(=O)(=O)O)[C@H](O[C@H]3[C@H](O)[C@@H](NS(=O)(=O)[O-])C(O)O[C@@H]3COS(=O)(=O)[O-])O2)CC(C)(C)N1[O].[Na+].[Na+].[Na+]. The Morgan fingerprint density at radius 2 is 1.55 bits per heavy atom. The molecule has 1 radical (unpaired) electrons. The third-order valence-electron chi connectivity index (χ3n) is 7.12. The van der Waals surface area contributed by atoms with Crippen LogP contribution < -0.4 is 98.5 Å². The molecule has 49 heavy (non-hydrogen) atoms. The van der Waals surface area contributed by atoms with E-state index in [0.29, 0.717) is 6.08 Å². The van der Waals surface area contributed by atoms with Crippen LogP contribution in [0, 0.1) is 0 Å². The predicted octanol–water partition coefficient (Wildman–Crippen LogP) is -13.7. The molecular weight excluding hydrogens is 763 g/mol. The standard InChI is InChI=1S/C21H36N3O19S3.3Na/c1-20(2)6-9(7-21(3,4)24(20)29)22-17(27)11-5-10(25)15(43-46(36,37)38)19(41-11)42-16-12(8-39-45(33,34)35)40-18(28)13(14(16)26)23-44(30,31)32;;;/h5,9-10,12-16,18-19,23,25-26,28H,6-8H2,1-4H3,(H,22,27)(H,30,31,32)(H,33,34,35)(H,36,37,38);;;/q;3*+1/p-3/t10-,12+,13+,14+,15+,16+,18?,19-;;;/m0.../s1. The second-order valence-corrected chi connectivity index (χ2v) is 15.1. The van der Waals surface area contributed by atoms with Crippen LogP contribution in [-0.4, -0.2) is 138 Å². The fraction of sp³-hybridized carbons (Fsp3) is 0.857. The van der Waals surface area contributed by atoms with Crippen molar-refractivity contribution in [3.05, 3.63) is 11.8 Å². The van der Waals surface area contributed by atoms with E-state index in [4.69, 9.17) is 14.2 Å². The zero-order chi connectivity index (χ0) is 35.2. The molecule has 0 amide bonds. The third kappa shape index (κ3) is 14.5. The summed E-state index contributed by atoms with van der Waals surface area (Å²) >= 11 is 0. The van der Waals surface area contributed by atoms with Gasteiger partial charge in [-0.2, -0.15) is 8.42 Å². The van der Waals surface area contributed by atoms with Crippen molar-refractivity contribution in [2.75, 3.05) is 6.61 Å². The number of hydrogen-bond acceptors (Lipinski definition) is 19. The summed E-state index contributed by atoms with van der Waals surface area (Å²) in [5, 5.41) is 58.3. The number of hydroxylamine groups is 2. The molecule has 28 heteroatoms. The van der Waals surface area contributed by atoms with Gasteiger partial charge in [0.2, 0.25) is 16.7 Å². The molecule has 3 rings (SSSR count). The topological polar surface area (TPSA) is 346 Å². The number of aliphatic hydroxyl groups is 3. The molecule has 0 aliphatic carbocycles. The largest absolute Gasteiger partial charge is 1.00 e. The van der Waals surface area contributed by atoms with Gasteiger partial charge in [-0.3, -0.25) is 13.7 Å². The van der Waals surface area contributed by atoms with Crippen molar-refractivity contribution < 1.29 is 176 Å². The van der Waals surface area contributed by atoms with Crippen LogP contribution in [-0.2, 0) is 58.9 Å². The van der Waals surface area contributed by atoms with Gasteiger partial charge < -0.3 is 43.7 Å². The molecule has 2 saturated heterocycles. The molecular formula is C21H33N3Na3O19S3. The first-order chi connectivity index (χ1) is 20.7. The molecule has 8 atom stereocenters. The zero-order valence-electron chi connectivity index (χ0n) is 27.4. The van der Waals surface area contributed by atoms with Crippen molar-refractivity contribution in [3.63, 3.8) is 0 Å². The minimum Gasteiger partial charge on any atom is -0.856 e. The molecule has 3 heterocycles. The Balaban J connectivity index is 0.00000768. The molecule has 0 aromatic carbocycles. The van der Waals surface area contributed by atoms with Crippen LogP contribution >= 0.6 is 0 Å². The van der Waals surface area contributed by atoms with Crippen LogP contribution in [0.15, 0.2) is 16.8 Å². The van der Waals surface area contributed by atoms with Gasteiger partial charge in [0.1, 0.15) is 36.2 Å². The van der Waals surface area contributed by atoms with Gasteiger partial charge in [-0.15, -0.1) is 10.3 Å². The van der Waals surface area contributed by atoms with Gasteiger partial charge in [-0.25, -0.2) is 25.7 Å². The van der Waals surface area contributed by atoms with E-state index in [1.54, 1.807) is 27.7 Å². The van der Waals surface area contributed by atoms with Crippen molar-refractivity contribution in [1.29, 1.82) is 0 Å². The number of rotatable bonds is 11. The quantitative estimate of drug-likeness (QED) is 0.0426. The van der Waals surface area contributed by atoms with Crippen molar-refractivity contribution in [2.24, 2.45) is 4.99 Å². The summed E-state index contributed by atoms with van der Waals surface area (Å²) in [5.41, 5.74) is -1.92. The van der Waals surface area contributed by atoms with E-state index in [2.05, 4.69) is 13.4 Å². The van der Waals surface area contributed by atoms with E-state index in [9.17, 15) is 64.5 Å². The second-order valence-electron chi connectivity index (χ2n) is 11.9. The summed E-state index contributed by atoms with van der Waals surface area (Å²) in [5.74, 6) is -1.95. The first kappa shape index (κ1) is 50.3. The first-order valence-electron chi connectivity index (χ1n) is 13.1. The van der Waals surface area contributed by atoms with Crippen molar-refractivity contribution >= 4 is 37.0 Å². The van der Waals surface area contributed by atoms with E-state index in [0.717, 1.165) is 5.06 Å². The van der Waals surface area contributed by atoms with Crippen LogP contribution in [0.2, 0.25) is 0 Å². The molecule has 22 nitrogen and oxygen atoms in total. The summed E-state index contributed by atoms with van der Waals surface area (Å²) in [4.78, 5) is 4.04. The van der Waals surface area contributed by atoms with E-state index >= 15 is 0 Å². The summed E-state index contributed by atoms with van der Waals surface area (Å²) in [7, 11) is -16.3. The summed E-state index contributed by atoms with van der Waals surface area (Å²) in [6, 6.07) is -3.01. The number of aliphatic hydroxyl groups excluding tert-OH is 3. The molecule has 0 bridgehead atoms. The summed E-state index contributed by atoms with van der Waals surface area (Å²) in [6.07, 6.45) is -15.0. The monoisotopic (exact) mass is 796 g/mol. The maximum atomic E-state index is 13.2. The molecule has 0 spiro atoms. The van der Waals surface area contributed by atoms with Crippen LogP contribution in [0.25, 0.3) is 0 Å². The molecule has 0 saturated carbocycles. The zero-order valence-corrected chi connectivity index (χ0v) is 35.9. The molecule has 3 aliphatic rings.